The second kappa shape index (κ2) is 5.96. The first kappa shape index (κ1) is 14.8. The minimum Gasteiger partial charge on any atom is -0.463 e. The average Bonchev–Trinajstić information content (AvgIpc) is 2.98. The molecule has 5 nitrogen and oxygen atoms in total. The quantitative estimate of drug-likeness (QED) is 0.784. The van der Waals surface area contributed by atoms with Crippen molar-refractivity contribution in [3.05, 3.63) is 51.9 Å². The molecule has 0 saturated heterocycles. The Morgan fingerprint density at radius 1 is 1.32 bits per heavy atom. The molecule has 0 spiro atoms. The third kappa shape index (κ3) is 2.78. The molecular formula is C16H14BrNO4. The molecule has 0 aliphatic carbocycles. The second-order valence-corrected chi connectivity index (χ2v) is 5.93. The number of rotatable bonds is 3. The van der Waals surface area contributed by atoms with Gasteiger partial charge in [-0.3, -0.25) is 4.79 Å². The second-order valence-electron chi connectivity index (χ2n) is 5.01. The van der Waals surface area contributed by atoms with E-state index in [9.17, 15) is 9.59 Å². The lowest BCUT2D eigenvalue weighted by molar-refractivity contribution is -0.119. The van der Waals surface area contributed by atoms with Gasteiger partial charge in [0.15, 0.2) is 0 Å². The molecule has 114 valence electrons. The van der Waals surface area contributed by atoms with Gasteiger partial charge in [0.25, 0.3) is 0 Å². The topological polar surface area (TPSA) is 59.8 Å². The highest BCUT2D eigenvalue weighted by Gasteiger charge is 2.25. The first-order valence-corrected chi connectivity index (χ1v) is 7.63. The zero-order chi connectivity index (χ0) is 15.7. The fourth-order valence-corrected chi connectivity index (χ4v) is 2.94. The highest BCUT2D eigenvalue weighted by atomic mass is 79.9. The number of esters is 1. The normalized spacial score (nSPS) is 13.9. The molecule has 0 radical (unpaired) electrons. The Labute approximate surface area is 136 Å². The van der Waals surface area contributed by atoms with E-state index in [-0.39, 0.29) is 11.7 Å². The van der Waals surface area contributed by atoms with Gasteiger partial charge in [0.1, 0.15) is 5.76 Å². The zero-order valence-electron chi connectivity index (χ0n) is 12.0. The van der Waals surface area contributed by atoms with Gasteiger partial charge < -0.3 is 14.1 Å². The number of ether oxygens (including phenoxy) is 1. The number of carbonyl (C=O) groups is 2. The number of hydrogen-bond acceptors (Lipinski definition) is 4. The van der Waals surface area contributed by atoms with E-state index < -0.39 is 5.97 Å². The van der Waals surface area contributed by atoms with Crippen molar-refractivity contribution in [2.75, 3.05) is 12.0 Å². The lowest BCUT2D eigenvalue weighted by Crippen LogP contribution is -2.34. The fourth-order valence-electron chi connectivity index (χ4n) is 2.53. The zero-order valence-corrected chi connectivity index (χ0v) is 13.6. The van der Waals surface area contributed by atoms with Crippen molar-refractivity contribution in [3.63, 3.8) is 0 Å². The standard InChI is InChI=1S/C16H14BrNO4/c1-21-16(20)14-6-4-12(22-14)9-18-13-5-3-11(17)8-10(13)2-7-15(18)19/h3-6,8H,2,7,9H2,1H3. The maximum atomic E-state index is 12.2. The molecule has 6 heteroatoms. The Hall–Kier alpha value is -2.08. The van der Waals surface area contributed by atoms with Gasteiger partial charge in [0.05, 0.1) is 13.7 Å². The third-order valence-electron chi connectivity index (χ3n) is 3.60. The summed E-state index contributed by atoms with van der Waals surface area (Å²) in [5.41, 5.74) is 2.00. The van der Waals surface area contributed by atoms with Crippen molar-refractivity contribution >= 4 is 33.5 Å². The molecule has 2 heterocycles. The maximum Gasteiger partial charge on any atom is 0.373 e. The van der Waals surface area contributed by atoms with Crippen LogP contribution in [-0.4, -0.2) is 19.0 Å². The predicted molar refractivity (Wildman–Crippen MR) is 83.7 cm³/mol. The lowest BCUT2D eigenvalue weighted by atomic mass is 10.0. The van der Waals surface area contributed by atoms with Crippen LogP contribution < -0.4 is 4.90 Å². The van der Waals surface area contributed by atoms with Gasteiger partial charge in [-0.1, -0.05) is 15.9 Å². The van der Waals surface area contributed by atoms with E-state index in [0.29, 0.717) is 18.7 Å². The maximum absolute atomic E-state index is 12.2. The molecular weight excluding hydrogens is 350 g/mol. The summed E-state index contributed by atoms with van der Waals surface area (Å²) >= 11 is 3.45. The molecule has 3 rings (SSSR count). The Bertz CT molecular complexity index is 737. The fraction of sp³-hybridized carbons (Fsp3) is 0.250. The van der Waals surface area contributed by atoms with Crippen molar-refractivity contribution in [1.29, 1.82) is 0 Å². The van der Waals surface area contributed by atoms with Crippen LogP contribution in [0.15, 0.2) is 39.2 Å². The van der Waals surface area contributed by atoms with E-state index in [0.717, 1.165) is 22.1 Å². The number of fused-ring (bicyclic) bond motifs is 1. The van der Waals surface area contributed by atoms with E-state index in [1.54, 1.807) is 17.0 Å². The number of benzene rings is 1. The number of aryl methyl sites for hydroxylation is 1. The number of nitrogens with zero attached hydrogens (tertiary/aromatic N) is 1. The summed E-state index contributed by atoms with van der Waals surface area (Å²) in [5.74, 6) is 0.203. The van der Waals surface area contributed by atoms with Crippen LogP contribution in [0.25, 0.3) is 0 Å². The first-order chi connectivity index (χ1) is 10.6. The summed E-state index contributed by atoms with van der Waals surface area (Å²) in [6, 6.07) is 9.09. The number of amides is 1. The molecule has 0 bridgehead atoms. The molecule has 22 heavy (non-hydrogen) atoms. The van der Waals surface area contributed by atoms with Crippen LogP contribution in [0.4, 0.5) is 5.69 Å². The van der Waals surface area contributed by atoms with Gasteiger partial charge in [-0.05, 0) is 42.3 Å². The van der Waals surface area contributed by atoms with E-state index in [2.05, 4.69) is 20.7 Å². The van der Waals surface area contributed by atoms with Crippen LogP contribution in [-0.2, 0) is 22.5 Å². The van der Waals surface area contributed by atoms with Crippen LogP contribution in [0.5, 0.6) is 0 Å². The molecule has 1 amide bonds. The van der Waals surface area contributed by atoms with Gasteiger partial charge in [-0.2, -0.15) is 0 Å². The number of hydrogen-bond donors (Lipinski definition) is 0. The van der Waals surface area contributed by atoms with E-state index in [4.69, 9.17) is 4.42 Å². The summed E-state index contributed by atoms with van der Waals surface area (Å²) in [6.45, 7) is 0.296. The minimum absolute atomic E-state index is 0.0471. The molecule has 0 N–H and O–H groups in total. The highest BCUT2D eigenvalue weighted by molar-refractivity contribution is 9.10. The smallest absolute Gasteiger partial charge is 0.373 e. The predicted octanol–water partition coefficient (Wildman–Crippen LogP) is 3.31. The minimum atomic E-state index is -0.527. The first-order valence-electron chi connectivity index (χ1n) is 6.84. The van der Waals surface area contributed by atoms with Crippen LogP contribution in [0.2, 0.25) is 0 Å². The highest BCUT2D eigenvalue weighted by Crippen LogP contribution is 2.31. The molecule has 0 unspecified atom stereocenters. The van der Waals surface area contributed by atoms with E-state index in [1.807, 2.05) is 18.2 Å². The molecule has 1 aromatic carbocycles. The number of furan rings is 1. The molecule has 0 saturated carbocycles. The summed E-state index contributed by atoms with van der Waals surface area (Å²) in [4.78, 5) is 25.3. The monoisotopic (exact) mass is 363 g/mol. The molecule has 0 fully saturated rings. The number of anilines is 1. The van der Waals surface area contributed by atoms with Crippen molar-refractivity contribution in [1.82, 2.24) is 0 Å². The molecule has 1 aliphatic heterocycles. The Balaban J connectivity index is 1.87. The van der Waals surface area contributed by atoms with Crippen LogP contribution >= 0.6 is 15.9 Å². The van der Waals surface area contributed by atoms with Crippen molar-refractivity contribution in [2.45, 2.75) is 19.4 Å². The van der Waals surface area contributed by atoms with Gasteiger partial charge in [0.2, 0.25) is 11.7 Å². The number of halogens is 1. The van der Waals surface area contributed by atoms with Gasteiger partial charge in [-0.25, -0.2) is 4.79 Å². The van der Waals surface area contributed by atoms with Gasteiger partial charge in [-0.15, -0.1) is 0 Å². The van der Waals surface area contributed by atoms with Crippen LogP contribution in [0.1, 0.15) is 28.3 Å². The Morgan fingerprint density at radius 3 is 2.91 bits per heavy atom. The largest absolute Gasteiger partial charge is 0.463 e. The van der Waals surface area contributed by atoms with Gasteiger partial charge >= 0.3 is 5.97 Å². The van der Waals surface area contributed by atoms with Gasteiger partial charge in [0, 0.05) is 16.6 Å². The van der Waals surface area contributed by atoms with Crippen molar-refractivity contribution in [3.8, 4) is 0 Å². The van der Waals surface area contributed by atoms with Crippen molar-refractivity contribution in [2.24, 2.45) is 0 Å². The Kier molecular flexibility index (Phi) is 4.02. The van der Waals surface area contributed by atoms with Crippen molar-refractivity contribution < 1.29 is 18.7 Å². The molecule has 0 atom stereocenters. The third-order valence-corrected chi connectivity index (χ3v) is 4.10. The van der Waals surface area contributed by atoms with Crippen LogP contribution in [0.3, 0.4) is 0 Å². The number of carbonyl (C=O) groups excluding carboxylic acids is 2. The lowest BCUT2D eigenvalue weighted by Gasteiger charge is -2.28. The summed E-state index contributed by atoms with van der Waals surface area (Å²) in [7, 11) is 1.30. The number of methoxy groups -OCH3 is 1. The van der Waals surface area contributed by atoms with Crippen LogP contribution in [0, 0.1) is 0 Å². The molecule has 1 aliphatic rings. The van der Waals surface area contributed by atoms with E-state index >= 15 is 0 Å². The average molecular weight is 364 g/mol. The summed E-state index contributed by atoms with van der Waals surface area (Å²) in [5, 5.41) is 0. The molecule has 2 aromatic rings. The summed E-state index contributed by atoms with van der Waals surface area (Å²) < 4.78 is 11.1. The summed E-state index contributed by atoms with van der Waals surface area (Å²) in [6.07, 6.45) is 1.20. The SMILES string of the molecule is COC(=O)c1ccc(CN2C(=O)CCc3cc(Br)ccc32)o1. The molecule has 1 aromatic heterocycles. The Morgan fingerprint density at radius 2 is 2.14 bits per heavy atom. The van der Waals surface area contributed by atoms with E-state index in [1.165, 1.54) is 7.11 Å².